The third kappa shape index (κ3) is 3.60. The first-order chi connectivity index (χ1) is 15.4. The minimum absolute atomic E-state index is 0.230. The van der Waals surface area contributed by atoms with Crippen molar-refractivity contribution in [2.45, 2.75) is 90.4 Å². The molecule has 3 aliphatic carbocycles. The lowest BCUT2D eigenvalue weighted by atomic mass is 9.40. The van der Waals surface area contributed by atoms with Gasteiger partial charge in [-0.15, -0.1) is 0 Å². The lowest BCUT2D eigenvalue weighted by Gasteiger charge is -2.68. The van der Waals surface area contributed by atoms with E-state index < -0.39 is 5.60 Å². The molecule has 0 radical (unpaired) electrons. The second kappa shape index (κ2) is 8.56. The van der Waals surface area contributed by atoms with E-state index in [0.717, 1.165) is 26.0 Å². The van der Waals surface area contributed by atoms with Crippen LogP contribution in [0.2, 0.25) is 0 Å². The zero-order valence-electron chi connectivity index (χ0n) is 20.4. The predicted molar refractivity (Wildman–Crippen MR) is 130 cm³/mol. The molecular weight excluding hydrogens is 394 g/mol. The fourth-order valence-corrected chi connectivity index (χ4v) is 8.53. The first-order valence-corrected chi connectivity index (χ1v) is 13.1. The van der Waals surface area contributed by atoms with Crippen LogP contribution in [0.15, 0.2) is 42.0 Å². The summed E-state index contributed by atoms with van der Waals surface area (Å²) in [5.41, 5.74) is 2.93. The molecule has 176 valence electrons. The highest BCUT2D eigenvalue weighted by molar-refractivity contribution is 5.28. The lowest BCUT2D eigenvalue weighted by Crippen LogP contribution is -2.72. The summed E-state index contributed by atoms with van der Waals surface area (Å²) in [6.07, 6.45) is 12.6. The number of allylic oxidation sites excluding steroid dienone is 2. The number of benzene rings is 1. The van der Waals surface area contributed by atoms with Gasteiger partial charge in [0.2, 0.25) is 0 Å². The van der Waals surface area contributed by atoms with E-state index in [1.165, 1.54) is 44.1 Å². The van der Waals surface area contributed by atoms with Crippen LogP contribution in [0.3, 0.4) is 0 Å². The summed E-state index contributed by atoms with van der Waals surface area (Å²) in [5, 5.41) is 15.3. The molecule has 1 heterocycles. The zero-order chi connectivity index (χ0) is 22.4. The van der Waals surface area contributed by atoms with Crippen molar-refractivity contribution in [3.8, 4) is 0 Å². The van der Waals surface area contributed by atoms with Gasteiger partial charge in [-0.2, -0.15) is 0 Å². The van der Waals surface area contributed by atoms with Gasteiger partial charge in [-0.1, -0.05) is 48.9 Å². The molecule has 2 saturated carbocycles. The number of aliphatic hydroxyl groups is 1. The first-order valence-electron chi connectivity index (χ1n) is 13.1. The highest BCUT2D eigenvalue weighted by Gasteiger charge is 2.67. The van der Waals surface area contributed by atoms with E-state index in [1.807, 2.05) is 13.8 Å². The first kappa shape index (κ1) is 22.6. The number of nitrogens with one attached hydrogen (secondary N) is 1. The number of piperidine rings is 1. The molecule has 5 rings (SSSR count). The average molecular weight is 438 g/mol. The Labute approximate surface area is 195 Å². The van der Waals surface area contributed by atoms with Crippen LogP contribution in [0.25, 0.3) is 0 Å². The molecule has 2 N–H and O–H groups in total. The Morgan fingerprint density at radius 1 is 1.19 bits per heavy atom. The molecule has 3 nitrogen and oxygen atoms in total. The van der Waals surface area contributed by atoms with Crippen LogP contribution in [0.5, 0.6) is 0 Å². The van der Waals surface area contributed by atoms with Gasteiger partial charge in [-0.05, 0) is 100.0 Å². The molecule has 1 aromatic rings. The number of fused-ring (bicyclic) bond motifs is 1. The summed E-state index contributed by atoms with van der Waals surface area (Å²) in [5.74, 6) is 1.71. The summed E-state index contributed by atoms with van der Waals surface area (Å²) in [6.45, 7) is 9.36. The van der Waals surface area contributed by atoms with Crippen molar-refractivity contribution in [1.29, 1.82) is 0 Å². The zero-order valence-corrected chi connectivity index (χ0v) is 20.4. The SMILES string of the molecule is CC(C)(O)[C@H]1CC[C@@]2(C)[C@@H]3CC=C4CCC[C@H]4[C@@]2(CCCOCc2ccccc2)[C@@H]1NC3. The molecule has 6 atom stereocenters. The Kier molecular flexibility index (Phi) is 6.05. The Bertz CT molecular complexity index is 827. The fourth-order valence-electron chi connectivity index (χ4n) is 8.53. The standard InChI is InChI=1S/C29H43NO2/c1-27(2,31)25-15-17-28(3)23-14-13-22-11-7-12-24(22)29(28,26(25)30-19-23)16-8-18-32-20-21-9-5-4-6-10-21/h4-6,9-10,13,23-26,30-31H,7-8,11-12,14-20H2,1-3H3/t23-,24-,25+,26-,28+,29+/m1/s1. The second-order valence-corrected chi connectivity index (χ2v) is 11.9. The minimum atomic E-state index is -0.641. The van der Waals surface area contributed by atoms with Crippen molar-refractivity contribution in [2.24, 2.45) is 28.6 Å². The van der Waals surface area contributed by atoms with Gasteiger partial charge in [0.05, 0.1) is 12.2 Å². The number of rotatable bonds is 7. The van der Waals surface area contributed by atoms with Crippen LogP contribution in [-0.4, -0.2) is 29.9 Å². The van der Waals surface area contributed by atoms with Crippen molar-refractivity contribution in [3.63, 3.8) is 0 Å². The van der Waals surface area contributed by atoms with Crippen molar-refractivity contribution in [2.75, 3.05) is 13.2 Å². The van der Waals surface area contributed by atoms with Crippen LogP contribution < -0.4 is 5.32 Å². The fraction of sp³-hybridized carbons (Fsp3) is 0.724. The van der Waals surface area contributed by atoms with E-state index in [-0.39, 0.29) is 5.41 Å². The van der Waals surface area contributed by atoms with Crippen molar-refractivity contribution < 1.29 is 9.84 Å². The number of hydrogen-bond acceptors (Lipinski definition) is 3. The Balaban J connectivity index is 1.42. The Morgan fingerprint density at radius 2 is 2.00 bits per heavy atom. The quantitative estimate of drug-likeness (QED) is 0.414. The van der Waals surface area contributed by atoms with Gasteiger partial charge in [-0.25, -0.2) is 0 Å². The molecule has 3 heteroatoms. The maximum atomic E-state index is 11.2. The Hall–Kier alpha value is -1.16. The maximum absolute atomic E-state index is 11.2. The lowest BCUT2D eigenvalue weighted by molar-refractivity contribution is -0.183. The highest BCUT2D eigenvalue weighted by Crippen LogP contribution is 2.69. The van der Waals surface area contributed by atoms with Crippen LogP contribution in [0, 0.1) is 28.6 Å². The molecule has 32 heavy (non-hydrogen) atoms. The molecule has 0 amide bonds. The summed E-state index contributed by atoms with van der Waals surface area (Å²) in [7, 11) is 0. The Morgan fingerprint density at radius 3 is 2.78 bits per heavy atom. The molecule has 0 spiro atoms. The smallest absolute Gasteiger partial charge is 0.0716 e. The van der Waals surface area contributed by atoms with Gasteiger partial charge in [0.1, 0.15) is 0 Å². The molecule has 1 saturated heterocycles. The van der Waals surface area contributed by atoms with E-state index in [1.54, 1.807) is 5.57 Å². The third-order valence-corrected chi connectivity index (χ3v) is 10.1. The van der Waals surface area contributed by atoms with Crippen LogP contribution in [0.4, 0.5) is 0 Å². The van der Waals surface area contributed by atoms with Crippen molar-refractivity contribution in [3.05, 3.63) is 47.5 Å². The highest BCUT2D eigenvalue weighted by atomic mass is 16.5. The van der Waals surface area contributed by atoms with Crippen molar-refractivity contribution in [1.82, 2.24) is 5.32 Å². The van der Waals surface area contributed by atoms with Gasteiger partial charge in [-0.3, -0.25) is 0 Å². The van der Waals surface area contributed by atoms with Gasteiger partial charge >= 0.3 is 0 Å². The van der Waals surface area contributed by atoms with E-state index in [0.29, 0.717) is 35.8 Å². The van der Waals surface area contributed by atoms with Gasteiger partial charge in [0, 0.05) is 18.6 Å². The summed E-state index contributed by atoms with van der Waals surface area (Å²) < 4.78 is 6.15. The molecule has 4 bridgehead atoms. The second-order valence-electron chi connectivity index (χ2n) is 11.9. The predicted octanol–water partition coefficient (Wildman–Crippen LogP) is 5.88. The normalized spacial score (nSPS) is 38.7. The topological polar surface area (TPSA) is 41.5 Å². The third-order valence-electron chi connectivity index (χ3n) is 10.1. The number of hydrogen-bond donors (Lipinski definition) is 2. The minimum Gasteiger partial charge on any atom is -0.390 e. The van der Waals surface area contributed by atoms with Gasteiger partial charge in [0.15, 0.2) is 0 Å². The summed E-state index contributed by atoms with van der Waals surface area (Å²) in [4.78, 5) is 0. The molecule has 4 aliphatic rings. The van der Waals surface area contributed by atoms with E-state index >= 15 is 0 Å². The van der Waals surface area contributed by atoms with Crippen LogP contribution in [0.1, 0.15) is 77.7 Å². The van der Waals surface area contributed by atoms with Gasteiger partial charge < -0.3 is 15.2 Å². The molecule has 0 unspecified atom stereocenters. The van der Waals surface area contributed by atoms with E-state index in [9.17, 15) is 5.11 Å². The van der Waals surface area contributed by atoms with Crippen LogP contribution in [-0.2, 0) is 11.3 Å². The molecule has 1 aliphatic heterocycles. The van der Waals surface area contributed by atoms with E-state index in [2.05, 4.69) is 48.6 Å². The van der Waals surface area contributed by atoms with E-state index in [4.69, 9.17) is 4.74 Å². The molecule has 0 aromatic heterocycles. The van der Waals surface area contributed by atoms with Crippen molar-refractivity contribution >= 4 is 0 Å². The van der Waals surface area contributed by atoms with Gasteiger partial charge in [0.25, 0.3) is 0 Å². The molecular formula is C29H43NO2. The average Bonchev–Trinajstić information content (AvgIpc) is 3.21. The maximum Gasteiger partial charge on any atom is 0.0716 e. The number of ether oxygens (including phenoxy) is 1. The molecule has 1 aromatic carbocycles. The molecule has 3 fully saturated rings. The van der Waals surface area contributed by atoms with Crippen LogP contribution >= 0.6 is 0 Å². The monoisotopic (exact) mass is 437 g/mol. The summed E-state index contributed by atoms with van der Waals surface area (Å²) >= 11 is 0. The largest absolute Gasteiger partial charge is 0.390 e. The summed E-state index contributed by atoms with van der Waals surface area (Å²) in [6, 6.07) is 10.9.